The molecule has 3 nitrogen and oxygen atoms in total. The van der Waals surface area contributed by atoms with Crippen LogP contribution in [-0.4, -0.2) is 35.5 Å². The maximum atomic E-state index is 8.83. The zero-order valence-corrected chi connectivity index (χ0v) is 8.19. The third kappa shape index (κ3) is 4.53. The van der Waals surface area contributed by atoms with Crippen LogP contribution >= 0.6 is 15.9 Å². The number of halogens is 1. The van der Waals surface area contributed by atoms with E-state index in [1.807, 2.05) is 0 Å². The quantitative estimate of drug-likeness (QED) is 0.626. The first-order chi connectivity index (χ1) is 5.04. The van der Waals surface area contributed by atoms with Crippen molar-refractivity contribution < 1.29 is 10.2 Å². The van der Waals surface area contributed by atoms with Gasteiger partial charge < -0.3 is 15.5 Å². The predicted molar refractivity (Wildman–Crippen MR) is 48.6 cm³/mol. The van der Waals surface area contributed by atoms with Crippen molar-refractivity contribution in [1.82, 2.24) is 5.32 Å². The van der Waals surface area contributed by atoms with Gasteiger partial charge in [-0.15, -0.1) is 0 Å². The first-order valence-electron chi connectivity index (χ1n) is 3.34. The lowest BCUT2D eigenvalue weighted by Crippen LogP contribution is -2.49. The van der Waals surface area contributed by atoms with E-state index in [9.17, 15) is 0 Å². The van der Waals surface area contributed by atoms with Crippen LogP contribution in [0, 0.1) is 0 Å². The molecule has 0 saturated carbocycles. The van der Waals surface area contributed by atoms with E-state index in [1.165, 1.54) is 0 Å². The summed E-state index contributed by atoms with van der Waals surface area (Å²) in [7, 11) is 0. The van der Waals surface area contributed by atoms with E-state index in [-0.39, 0.29) is 13.2 Å². The van der Waals surface area contributed by atoms with Crippen LogP contribution in [0.2, 0.25) is 0 Å². The van der Waals surface area contributed by atoms with E-state index in [0.717, 1.165) is 4.48 Å². The zero-order chi connectivity index (χ0) is 8.91. The molecule has 0 aliphatic heterocycles. The van der Waals surface area contributed by atoms with Crippen molar-refractivity contribution in [2.45, 2.75) is 12.5 Å². The van der Waals surface area contributed by atoms with Crippen LogP contribution in [0.1, 0.15) is 6.92 Å². The first kappa shape index (κ1) is 11.1. The molecule has 0 aromatic rings. The topological polar surface area (TPSA) is 52.5 Å². The minimum absolute atomic E-state index is 0.0935. The molecule has 0 aromatic heterocycles. The summed E-state index contributed by atoms with van der Waals surface area (Å²) in [5.41, 5.74) is -0.614. The lowest BCUT2D eigenvalue weighted by molar-refractivity contribution is 0.107. The second-order valence-corrected chi connectivity index (χ2v) is 3.87. The Kier molecular flexibility index (Phi) is 4.92. The van der Waals surface area contributed by atoms with Crippen LogP contribution in [0.4, 0.5) is 0 Å². The number of aliphatic hydroxyl groups excluding tert-OH is 2. The van der Waals surface area contributed by atoms with Gasteiger partial charge in [-0.1, -0.05) is 22.5 Å². The maximum Gasteiger partial charge on any atom is 0.0633 e. The Morgan fingerprint density at radius 1 is 1.55 bits per heavy atom. The fourth-order valence-corrected chi connectivity index (χ4v) is 0.611. The molecule has 0 saturated heterocycles. The van der Waals surface area contributed by atoms with Gasteiger partial charge in [0, 0.05) is 11.0 Å². The highest BCUT2D eigenvalue weighted by molar-refractivity contribution is 9.11. The second-order valence-electron chi connectivity index (χ2n) is 2.75. The summed E-state index contributed by atoms with van der Waals surface area (Å²) < 4.78 is 0.797. The largest absolute Gasteiger partial charge is 0.394 e. The van der Waals surface area contributed by atoms with Crippen LogP contribution in [0.5, 0.6) is 0 Å². The van der Waals surface area contributed by atoms with Gasteiger partial charge in [-0.2, -0.15) is 0 Å². The standard InChI is InChI=1S/C7H14BrNO2/c1-6(8)3-9-7(2,4-10)5-11/h9-11H,1,3-5H2,2H3. The number of rotatable bonds is 5. The molecule has 0 bridgehead atoms. The first-order valence-corrected chi connectivity index (χ1v) is 4.13. The summed E-state index contributed by atoms with van der Waals surface area (Å²) >= 11 is 3.17. The Morgan fingerprint density at radius 2 is 2.00 bits per heavy atom. The minimum Gasteiger partial charge on any atom is -0.394 e. The second kappa shape index (κ2) is 4.87. The van der Waals surface area contributed by atoms with Crippen LogP contribution in [-0.2, 0) is 0 Å². The van der Waals surface area contributed by atoms with Gasteiger partial charge in [0.05, 0.1) is 18.8 Å². The molecule has 0 amide bonds. The number of nitrogens with one attached hydrogen (secondary N) is 1. The molecule has 0 heterocycles. The van der Waals surface area contributed by atoms with Gasteiger partial charge in [0.2, 0.25) is 0 Å². The van der Waals surface area contributed by atoms with Crippen molar-refractivity contribution in [3.63, 3.8) is 0 Å². The van der Waals surface area contributed by atoms with Gasteiger partial charge in [-0.3, -0.25) is 0 Å². The summed E-state index contributed by atoms with van der Waals surface area (Å²) in [5, 5.41) is 20.6. The summed E-state index contributed by atoms with van der Waals surface area (Å²) in [5.74, 6) is 0. The molecule has 0 aliphatic rings. The summed E-state index contributed by atoms with van der Waals surface area (Å²) in [4.78, 5) is 0. The van der Waals surface area contributed by atoms with Gasteiger partial charge in [0.15, 0.2) is 0 Å². The molecule has 0 unspecified atom stereocenters. The highest BCUT2D eigenvalue weighted by atomic mass is 79.9. The van der Waals surface area contributed by atoms with Crippen molar-refractivity contribution >= 4 is 15.9 Å². The van der Waals surface area contributed by atoms with E-state index < -0.39 is 5.54 Å². The van der Waals surface area contributed by atoms with Gasteiger partial charge in [0.1, 0.15) is 0 Å². The fraction of sp³-hybridized carbons (Fsp3) is 0.714. The monoisotopic (exact) mass is 223 g/mol. The molecule has 66 valence electrons. The molecular formula is C7H14BrNO2. The lowest BCUT2D eigenvalue weighted by Gasteiger charge is -2.25. The molecule has 4 heteroatoms. The minimum atomic E-state index is -0.614. The number of aliphatic hydroxyl groups is 2. The van der Waals surface area contributed by atoms with E-state index in [0.29, 0.717) is 6.54 Å². The molecule has 0 rings (SSSR count). The van der Waals surface area contributed by atoms with Gasteiger partial charge in [-0.05, 0) is 6.92 Å². The van der Waals surface area contributed by atoms with Crippen LogP contribution < -0.4 is 5.32 Å². The van der Waals surface area contributed by atoms with Crippen molar-refractivity contribution in [1.29, 1.82) is 0 Å². The van der Waals surface area contributed by atoms with Gasteiger partial charge in [-0.25, -0.2) is 0 Å². The molecule has 0 atom stereocenters. The summed E-state index contributed by atoms with van der Waals surface area (Å²) in [6.45, 7) is 5.71. The third-order valence-corrected chi connectivity index (χ3v) is 1.69. The molecular weight excluding hydrogens is 210 g/mol. The van der Waals surface area contributed by atoms with E-state index >= 15 is 0 Å². The highest BCUT2D eigenvalue weighted by Crippen LogP contribution is 2.04. The third-order valence-electron chi connectivity index (χ3n) is 1.40. The molecule has 0 radical (unpaired) electrons. The summed E-state index contributed by atoms with van der Waals surface area (Å²) in [6.07, 6.45) is 0. The zero-order valence-electron chi connectivity index (χ0n) is 6.60. The molecule has 0 fully saturated rings. The Morgan fingerprint density at radius 3 is 2.27 bits per heavy atom. The molecule has 0 aromatic carbocycles. The van der Waals surface area contributed by atoms with Crippen LogP contribution in [0.25, 0.3) is 0 Å². The van der Waals surface area contributed by atoms with Gasteiger partial charge >= 0.3 is 0 Å². The molecule has 3 N–H and O–H groups in total. The SMILES string of the molecule is C=C(Br)CNC(C)(CO)CO. The Balaban J connectivity index is 3.78. The predicted octanol–water partition coefficient (Wildman–Crippen LogP) is 0.228. The Bertz CT molecular complexity index is 134. The van der Waals surface area contributed by atoms with Crippen molar-refractivity contribution in [2.75, 3.05) is 19.8 Å². The average molecular weight is 224 g/mol. The van der Waals surface area contributed by atoms with E-state index in [4.69, 9.17) is 10.2 Å². The lowest BCUT2D eigenvalue weighted by atomic mass is 10.1. The van der Waals surface area contributed by atoms with Crippen molar-refractivity contribution in [3.8, 4) is 0 Å². The smallest absolute Gasteiger partial charge is 0.0633 e. The Labute approximate surface area is 75.2 Å². The molecule has 0 spiro atoms. The average Bonchev–Trinajstić information content (AvgIpc) is 2.00. The normalized spacial score (nSPS) is 11.6. The van der Waals surface area contributed by atoms with Crippen LogP contribution in [0.3, 0.4) is 0 Å². The fourth-order valence-electron chi connectivity index (χ4n) is 0.471. The van der Waals surface area contributed by atoms with Crippen LogP contribution in [0.15, 0.2) is 11.1 Å². The number of hydrogen-bond donors (Lipinski definition) is 3. The maximum absolute atomic E-state index is 8.83. The molecule has 11 heavy (non-hydrogen) atoms. The summed E-state index contributed by atoms with van der Waals surface area (Å²) in [6, 6.07) is 0. The van der Waals surface area contributed by atoms with Crippen molar-refractivity contribution in [2.24, 2.45) is 0 Å². The number of hydrogen-bond acceptors (Lipinski definition) is 3. The van der Waals surface area contributed by atoms with E-state index in [2.05, 4.69) is 27.8 Å². The molecule has 0 aliphatic carbocycles. The highest BCUT2D eigenvalue weighted by Gasteiger charge is 2.20. The van der Waals surface area contributed by atoms with Gasteiger partial charge in [0.25, 0.3) is 0 Å². The Hall–Kier alpha value is 0.1000. The van der Waals surface area contributed by atoms with Crippen molar-refractivity contribution in [3.05, 3.63) is 11.1 Å². The van der Waals surface area contributed by atoms with E-state index in [1.54, 1.807) is 6.92 Å².